The molecule has 1 N–H and O–H groups in total. The Hall–Kier alpha value is -0.570. The molecule has 3 nitrogen and oxygen atoms in total. The Morgan fingerprint density at radius 1 is 1.50 bits per heavy atom. The summed E-state index contributed by atoms with van der Waals surface area (Å²) in [7, 11) is 0. The van der Waals surface area contributed by atoms with Crippen LogP contribution in [0.3, 0.4) is 0 Å². The van der Waals surface area contributed by atoms with E-state index in [0.29, 0.717) is 6.42 Å². The molecule has 1 fully saturated rings. The molecule has 0 unspecified atom stereocenters. The number of aliphatic carboxylic acids is 1. The van der Waals surface area contributed by atoms with Gasteiger partial charge in [0.1, 0.15) is 0 Å². The molecular formula is C9H16O3. The molecule has 3 atom stereocenters. The van der Waals surface area contributed by atoms with E-state index in [1.165, 1.54) is 0 Å². The van der Waals surface area contributed by atoms with Crippen LogP contribution in [0.2, 0.25) is 0 Å². The number of carboxylic acid groups (broad SMARTS) is 1. The van der Waals surface area contributed by atoms with E-state index in [1.807, 2.05) is 13.8 Å². The van der Waals surface area contributed by atoms with Crippen LogP contribution in [0, 0.1) is 5.92 Å². The zero-order valence-corrected chi connectivity index (χ0v) is 7.62. The SMILES string of the molecule is CC[C@H]1C[C@H](C(=O)O)[C@@H](CC)O1. The van der Waals surface area contributed by atoms with Gasteiger partial charge in [-0.2, -0.15) is 0 Å². The van der Waals surface area contributed by atoms with Gasteiger partial charge < -0.3 is 9.84 Å². The van der Waals surface area contributed by atoms with Gasteiger partial charge >= 0.3 is 5.97 Å². The van der Waals surface area contributed by atoms with Crippen molar-refractivity contribution in [2.24, 2.45) is 5.92 Å². The second kappa shape index (κ2) is 3.90. The van der Waals surface area contributed by atoms with E-state index in [1.54, 1.807) is 0 Å². The number of hydrogen-bond donors (Lipinski definition) is 1. The summed E-state index contributed by atoms with van der Waals surface area (Å²) in [6.07, 6.45) is 2.50. The molecular weight excluding hydrogens is 156 g/mol. The lowest BCUT2D eigenvalue weighted by Gasteiger charge is -2.11. The standard InChI is InChI=1S/C9H16O3/c1-3-6-5-7(9(10)11)8(4-2)12-6/h6-8H,3-5H2,1-2H3,(H,10,11)/t6-,7-,8+/m0/s1. The minimum absolute atomic E-state index is 0.0625. The Labute approximate surface area is 72.7 Å². The van der Waals surface area contributed by atoms with Crippen molar-refractivity contribution in [3.05, 3.63) is 0 Å². The monoisotopic (exact) mass is 172 g/mol. The van der Waals surface area contributed by atoms with Gasteiger partial charge in [-0.15, -0.1) is 0 Å². The minimum atomic E-state index is -0.710. The zero-order valence-electron chi connectivity index (χ0n) is 7.62. The van der Waals surface area contributed by atoms with E-state index >= 15 is 0 Å². The van der Waals surface area contributed by atoms with Crippen LogP contribution in [0.5, 0.6) is 0 Å². The van der Waals surface area contributed by atoms with Crippen LogP contribution >= 0.6 is 0 Å². The molecule has 70 valence electrons. The van der Waals surface area contributed by atoms with Crippen molar-refractivity contribution in [1.82, 2.24) is 0 Å². The highest BCUT2D eigenvalue weighted by Gasteiger charge is 2.37. The maximum atomic E-state index is 10.8. The Kier molecular flexibility index (Phi) is 3.09. The van der Waals surface area contributed by atoms with E-state index in [9.17, 15) is 4.79 Å². The molecule has 1 saturated heterocycles. The molecule has 12 heavy (non-hydrogen) atoms. The Morgan fingerprint density at radius 2 is 2.17 bits per heavy atom. The van der Waals surface area contributed by atoms with E-state index in [4.69, 9.17) is 9.84 Å². The fourth-order valence-electron chi connectivity index (χ4n) is 1.74. The van der Waals surface area contributed by atoms with Gasteiger partial charge in [-0.05, 0) is 19.3 Å². The molecule has 0 spiro atoms. The normalized spacial score (nSPS) is 35.3. The summed E-state index contributed by atoms with van der Waals surface area (Å²) < 4.78 is 5.55. The van der Waals surface area contributed by atoms with Gasteiger partial charge in [0, 0.05) is 0 Å². The van der Waals surface area contributed by atoms with E-state index in [0.717, 1.165) is 12.8 Å². The molecule has 3 heteroatoms. The Balaban J connectivity index is 2.56. The van der Waals surface area contributed by atoms with E-state index in [-0.39, 0.29) is 18.1 Å². The number of hydrogen-bond acceptors (Lipinski definition) is 2. The van der Waals surface area contributed by atoms with Crippen molar-refractivity contribution < 1.29 is 14.6 Å². The van der Waals surface area contributed by atoms with Crippen molar-refractivity contribution in [2.45, 2.75) is 45.3 Å². The van der Waals surface area contributed by atoms with Crippen molar-refractivity contribution >= 4 is 5.97 Å². The second-order valence-electron chi connectivity index (χ2n) is 3.29. The van der Waals surface area contributed by atoms with Crippen LogP contribution in [0.4, 0.5) is 0 Å². The predicted molar refractivity (Wildman–Crippen MR) is 45.0 cm³/mol. The lowest BCUT2D eigenvalue weighted by atomic mass is 9.97. The second-order valence-corrected chi connectivity index (χ2v) is 3.29. The van der Waals surface area contributed by atoms with Gasteiger partial charge in [0.25, 0.3) is 0 Å². The first-order valence-electron chi connectivity index (χ1n) is 4.57. The number of rotatable bonds is 3. The third-order valence-electron chi connectivity index (χ3n) is 2.51. The van der Waals surface area contributed by atoms with E-state index in [2.05, 4.69) is 0 Å². The summed E-state index contributed by atoms with van der Waals surface area (Å²) in [4.78, 5) is 10.8. The largest absolute Gasteiger partial charge is 0.481 e. The highest BCUT2D eigenvalue weighted by Crippen LogP contribution is 2.30. The zero-order chi connectivity index (χ0) is 9.14. The van der Waals surface area contributed by atoms with Gasteiger partial charge in [-0.3, -0.25) is 4.79 Å². The molecule has 0 aromatic heterocycles. The molecule has 0 aliphatic carbocycles. The van der Waals surface area contributed by atoms with Crippen LogP contribution in [0.1, 0.15) is 33.1 Å². The van der Waals surface area contributed by atoms with Gasteiger partial charge in [-0.25, -0.2) is 0 Å². The van der Waals surface area contributed by atoms with Crippen molar-refractivity contribution in [1.29, 1.82) is 0 Å². The maximum absolute atomic E-state index is 10.8. The van der Waals surface area contributed by atoms with E-state index < -0.39 is 5.97 Å². The van der Waals surface area contributed by atoms with Crippen molar-refractivity contribution in [2.75, 3.05) is 0 Å². The maximum Gasteiger partial charge on any atom is 0.309 e. The van der Waals surface area contributed by atoms with Crippen LogP contribution in [-0.4, -0.2) is 23.3 Å². The quantitative estimate of drug-likeness (QED) is 0.704. The Bertz CT molecular complexity index is 167. The topological polar surface area (TPSA) is 46.5 Å². The van der Waals surface area contributed by atoms with Gasteiger partial charge in [0.15, 0.2) is 0 Å². The first-order chi connectivity index (χ1) is 5.69. The molecule has 1 heterocycles. The summed E-state index contributed by atoms with van der Waals surface area (Å²) in [5.41, 5.74) is 0. The number of carbonyl (C=O) groups is 1. The van der Waals surface area contributed by atoms with Gasteiger partial charge in [0.2, 0.25) is 0 Å². The third kappa shape index (κ3) is 1.78. The first-order valence-corrected chi connectivity index (χ1v) is 4.57. The molecule has 1 aliphatic heterocycles. The molecule has 0 radical (unpaired) electrons. The number of carboxylic acids is 1. The average molecular weight is 172 g/mol. The van der Waals surface area contributed by atoms with Crippen LogP contribution < -0.4 is 0 Å². The highest BCUT2D eigenvalue weighted by atomic mass is 16.5. The molecule has 0 amide bonds. The van der Waals surface area contributed by atoms with Crippen LogP contribution in [-0.2, 0) is 9.53 Å². The lowest BCUT2D eigenvalue weighted by Crippen LogP contribution is -2.22. The fraction of sp³-hybridized carbons (Fsp3) is 0.889. The molecule has 0 aromatic carbocycles. The number of ether oxygens (including phenoxy) is 1. The van der Waals surface area contributed by atoms with Gasteiger partial charge in [0.05, 0.1) is 18.1 Å². The van der Waals surface area contributed by atoms with Crippen molar-refractivity contribution in [3.8, 4) is 0 Å². The third-order valence-corrected chi connectivity index (χ3v) is 2.51. The summed E-state index contributed by atoms with van der Waals surface area (Å²) in [6.45, 7) is 4.00. The van der Waals surface area contributed by atoms with Gasteiger partial charge in [-0.1, -0.05) is 13.8 Å². The molecule has 0 saturated carbocycles. The first kappa shape index (κ1) is 9.52. The molecule has 1 rings (SSSR count). The molecule has 0 aromatic rings. The lowest BCUT2D eigenvalue weighted by molar-refractivity contribution is -0.143. The highest BCUT2D eigenvalue weighted by molar-refractivity contribution is 5.71. The van der Waals surface area contributed by atoms with Crippen molar-refractivity contribution in [3.63, 3.8) is 0 Å². The van der Waals surface area contributed by atoms with Crippen LogP contribution in [0.15, 0.2) is 0 Å². The smallest absolute Gasteiger partial charge is 0.309 e. The summed E-state index contributed by atoms with van der Waals surface area (Å²) in [5, 5.41) is 8.85. The predicted octanol–water partition coefficient (Wildman–Crippen LogP) is 1.66. The summed E-state index contributed by atoms with van der Waals surface area (Å²) in [6, 6.07) is 0. The van der Waals surface area contributed by atoms with Crippen LogP contribution in [0.25, 0.3) is 0 Å². The minimum Gasteiger partial charge on any atom is -0.481 e. The summed E-state index contributed by atoms with van der Waals surface area (Å²) in [5.74, 6) is -0.988. The summed E-state index contributed by atoms with van der Waals surface area (Å²) >= 11 is 0. The molecule has 1 aliphatic rings. The molecule has 0 bridgehead atoms. The average Bonchev–Trinajstić information content (AvgIpc) is 2.47. The Morgan fingerprint density at radius 3 is 2.50 bits per heavy atom. The fourth-order valence-corrected chi connectivity index (χ4v) is 1.74.